The van der Waals surface area contributed by atoms with Gasteiger partial charge >= 0.3 is 5.97 Å². The number of carbonyl (C=O) groups is 1. The summed E-state index contributed by atoms with van der Waals surface area (Å²) in [7, 11) is 0. The quantitative estimate of drug-likeness (QED) is 0.253. The summed E-state index contributed by atoms with van der Waals surface area (Å²) in [5.41, 5.74) is 3.22. The molecule has 0 fully saturated rings. The Kier molecular flexibility index (Phi) is 6.26. The number of ether oxygens (including phenoxy) is 1. The van der Waals surface area contributed by atoms with Crippen molar-refractivity contribution in [3.63, 3.8) is 0 Å². The average Bonchev–Trinajstić information content (AvgIpc) is 3.22. The largest absolute Gasteiger partial charge is 0.465 e. The molecule has 0 N–H and O–H groups in total. The molecule has 31 heavy (non-hydrogen) atoms. The van der Waals surface area contributed by atoms with Crippen molar-refractivity contribution in [2.75, 3.05) is 12.4 Å². The maximum atomic E-state index is 11.9. The Morgan fingerprint density at radius 3 is 2.68 bits per heavy atom. The van der Waals surface area contributed by atoms with Gasteiger partial charge in [-0.3, -0.25) is 4.79 Å². The standard InChI is InChI=1S/C24H17ClN2O3S/c1-2-29-23(28)14-31-24-19(13-26)18(15-7-9-17(25)10-8-15)12-20(27-24)22-11-16-5-3-4-6-21(16)30-22/h3-12H,2,14H2,1H3. The molecule has 2 heterocycles. The van der Waals surface area contributed by atoms with Crippen LogP contribution in [-0.4, -0.2) is 23.3 Å². The van der Waals surface area contributed by atoms with Crippen molar-refractivity contribution >= 4 is 40.3 Å². The fourth-order valence-corrected chi connectivity index (χ4v) is 4.08. The summed E-state index contributed by atoms with van der Waals surface area (Å²) in [6.07, 6.45) is 0. The number of para-hydroxylation sites is 1. The van der Waals surface area contributed by atoms with E-state index in [1.165, 1.54) is 11.8 Å². The van der Waals surface area contributed by atoms with E-state index in [9.17, 15) is 10.1 Å². The number of hydrogen-bond acceptors (Lipinski definition) is 6. The number of aromatic nitrogens is 1. The van der Waals surface area contributed by atoms with Gasteiger partial charge in [0.15, 0.2) is 5.76 Å². The minimum atomic E-state index is -0.361. The summed E-state index contributed by atoms with van der Waals surface area (Å²) in [4.78, 5) is 16.6. The number of fused-ring (bicyclic) bond motifs is 1. The second kappa shape index (κ2) is 9.25. The highest BCUT2D eigenvalue weighted by molar-refractivity contribution is 7.99. The molecule has 154 valence electrons. The molecule has 5 nitrogen and oxygen atoms in total. The zero-order valence-corrected chi connectivity index (χ0v) is 18.2. The Hall–Kier alpha value is -3.27. The topological polar surface area (TPSA) is 76.1 Å². The van der Waals surface area contributed by atoms with Gasteiger partial charge in [-0.1, -0.05) is 53.7 Å². The smallest absolute Gasteiger partial charge is 0.316 e. The number of nitriles is 1. The molecular weight excluding hydrogens is 432 g/mol. The normalized spacial score (nSPS) is 10.7. The van der Waals surface area contributed by atoms with Crippen LogP contribution in [0.3, 0.4) is 0 Å². The summed E-state index contributed by atoms with van der Waals surface area (Å²) in [6.45, 7) is 2.05. The monoisotopic (exact) mass is 448 g/mol. The number of esters is 1. The summed E-state index contributed by atoms with van der Waals surface area (Å²) in [5.74, 6) is 0.276. The first kappa shape index (κ1) is 21.0. The molecule has 0 saturated carbocycles. The summed E-state index contributed by atoms with van der Waals surface area (Å²) in [6, 6.07) is 20.9. The van der Waals surface area contributed by atoms with E-state index in [4.69, 9.17) is 20.8 Å². The van der Waals surface area contributed by atoms with E-state index in [2.05, 4.69) is 11.1 Å². The zero-order valence-electron chi connectivity index (χ0n) is 16.6. The lowest BCUT2D eigenvalue weighted by Crippen LogP contribution is -2.07. The Morgan fingerprint density at radius 2 is 1.97 bits per heavy atom. The summed E-state index contributed by atoms with van der Waals surface area (Å²) < 4.78 is 11.0. The van der Waals surface area contributed by atoms with Crippen molar-refractivity contribution in [2.24, 2.45) is 0 Å². The number of pyridine rings is 1. The van der Waals surface area contributed by atoms with Crippen LogP contribution in [-0.2, 0) is 9.53 Å². The zero-order chi connectivity index (χ0) is 21.8. The first-order chi connectivity index (χ1) is 15.1. The number of rotatable bonds is 6. The highest BCUT2D eigenvalue weighted by Gasteiger charge is 2.19. The van der Waals surface area contributed by atoms with Crippen molar-refractivity contribution in [1.82, 2.24) is 4.98 Å². The van der Waals surface area contributed by atoms with Crippen LogP contribution in [0.25, 0.3) is 33.6 Å². The van der Waals surface area contributed by atoms with Gasteiger partial charge in [0.2, 0.25) is 0 Å². The third-order valence-electron chi connectivity index (χ3n) is 4.56. The molecule has 0 radical (unpaired) electrons. The van der Waals surface area contributed by atoms with Crippen molar-refractivity contribution in [3.05, 3.63) is 71.2 Å². The molecule has 0 atom stereocenters. The molecule has 0 bridgehead atoms. The second-order valence-electron chi connectivity index (χ2n) is 6.60. The maximum Gasteiger partial charge on any atom is 0.316 e. The molecule has 0 aliphatic heterocycles. The number of halogens is 1. The van der Waals surface area contributed by atoms with Gasteiger partial charge in [0.1, 0.15) is 22.4 Å². The molecule has 0 amide bonds. The molecule has 0 unspecified atom stereocenters. The molecule has 7 heteroatoms. The molecule has 0 saturated heterocycles. The van der Waals surface area contributed by atoms with Crippen LogP contribution in [0.2, 0.25) is 5.02 Å². The van der Waals surface area contributed by atoms with E-state index in [0.29, 0.717) is 39.2 Å². The lowest BCUT2D eigenvalue weighted by Gasteiger charge is -2.11. The van der Waals surface area contributed by atoms with Crippen LogP contribution in [0.5, 0.6) is 0 Å². The van der Waals surface area contributed by atoms with Crippen molar-refractivity contribution in [3.8, 4) is 28.7 Å². The van der Waals surface area contributed by atoms with E-state index in [0.717, 1.165) is 16.5 Å². The van der Waals surface area contributed by atoms with Crippen LogP contribution < -0.4 is 0 Å². The highest BCUT2D eigenvalue weighted by atomic mass is 35.5. The summed E-state index contributed by atoms with van der Waals surface area (Å²) in [5, 5.41) is 11.9. The number of carbonyl (C=O) groups excluding carboxylic acids is 1. The third kappa shape index (κ3) is 4.58. The summed E-state index contributed by atoms with van der Waals surface area (Å²) >= 11 is 7.21. The predicted octanol–water partition coefficient (Wildman–Crippen LogP) is 6.34. The van der Waals surface area contributed by atoms with Gasteiger partial charge in [0.25, 0.3) is 0 Å². The molecule has 0 spiro atoms. The van der Waals surface area contributed by atoms with Gasteiger partial charge in [0, 0.05) is 16.0 Å². The molecule has 2 aromatic heterocycles. The van der Waals surface area contributed by atoms with Crippen LogP contribution in [0.1, 0.15) is 12.5 Å². The first-order valence-electron chi connectivity index (χ1n) is 9.57. The molecule has 4 rings (SSSR count). The van der Waals surface area contributed by atoms with Crippen molar-refractivity contribution in [2.45, 2.75) is 11.9 Å². The van der Waals surface area contributed by atoms with E-state index < -0.39 is 0 Å². The number of hydrogen-bond donors (Lipinski definition) is 0. The van der Waals surface area contributed by atoms with Gasteiger partial charge < -0.3 is 9.15 Å². The Morgan fingerprint density at radius 1 is 1.19 bits per heavy atom. The van der Waals surface area contributed by atoms with Gasteiger partial charge in [-0.15, -0.1) is 0 Å². The second-order valence-corrected chi connectivity index (χ2v) is 8.00. The van der Waals surface area contributed by atoms with Crippen LogP contribution in [0.4, 0.5) is 0 Å². The number of thioether (sulfide) groups is 1. The lowest BCUT2D eigenvalue weighted by atomic mass is 10.0. The van der Waals surface area contributed by atoms with Crippen LogP contribution in [0.15, 0.2) is 70.1 Å². The number of nitrogens with zero attached hydrogens (tertiary/aromatic N) is 2. The highest BCUT2D eigenvalue weighted by Crippen LogP contribution is 2.36. The van der Waals surface area contributed by atoms with E-state index in [-0.39, 0.29) is 11.7 Å². The minimum absolute atomic E-state index is 0.0547. The van der Waals surface area contributed by atoms with Gasteiger partial charge in [-0.25, -0.2) is 4.98 Å². The van der Waals surface area contributed by atoms with Crippen LogP contribution >= 0.6 is 23.4 Å². The molecular formula is C24H17ClN2O3S. The van der Waals surface area contributed by atoms with E-state index in [1.54, 1.807) is 19.1 Å². The maximum absolute atomic E-state index is 11.9. The fraction of sp³-hybridized carbons (Fsp3) is 0.125. The van der Waals surface area contributed by atoms with Gasteiger partial charge in [-0.05, 0) is 42.8 Å². The molecule has 0 aliphatic rings. The Balaban J connectivity index is 1.85. The predicted molar refractivity (Wildman–Crippen MR) is 122 cm³/mol. The van der Waals surface area contributed by atoms with Crippen LogP contribution in [0, 0.1) is 11.3 Å². The lowest BCUT2D eigenvalue weighted by molar-refractivity contribution is -0.139. The van der Waals surface area contributed by atoms with Crippen molar-refractivity contribution in [1.29, 1.82) is 5.26 Å². The minimum Gasteiger partial charge on any atom is -0.465 e. The van der Waals surface area contributed by atoms with Gasteiger partial charge in [-0.2, -0.15) is 5.26 Å². The Bertz CT molecular complexity index is 1260. The first-order valence-corrected chi connectivity index (χ1v) is 10.9. The van der Waals surface area contributed by atoms with E-state index >= 15 is 0 Å². The van der Waals surface area contributed by atoms with Gasteiger partial charge in [0.05, 0.1) is 17.9 Å². The molecule has 0 aliphatic carbocycles. The molecule has 2 aromatic carbocycles. The Labute approximate surface area is 188 Å². The SMILES string of the molecule is CCOC(=O)CSc1nc(-c2cc3ccccc3o2)cc(-c2ccc(Cl)cc2)c1C#N. The fourth-order valence-electron chi connectivity index (χ4n) is 3.16. The van der Waals surface area contributed by atoms with E-state index in [1.807, 2.05) is 48.5 Å². The number of benzene rings is 2. The average molecular weight is 449 g/mol. The van der Waals surface area contributed by atoms with Crippen molar-refractivity contribution < 1.29 is 13.9 Å². The third-order valence-corrected chi connectivity index (χ3v) is 5.76. The molecule has 4 aromatic rings. The number of furan rings is 1.